The third-order valence-corrected chi connectivity index (χ3v) is 9.49. The number of carbonyl (C=O) groups excluding carboxylic acids is 1. The number of carbonyl (C=O) groups is 1. The minimum atomic E-state index is -0.228. The van der Waals surface area contributed by atoms with Gasteiger partial charge < -0.3 is 24.3 Å². The van der Waals surface area contributed by atoms with Gasteiger partial charge >= 0.3 is 6.01 Å². The fourth-order valence-corrected chi connectivity index (χ4v) is 7.03. The van der Waals surface area contributed by atoms with Crippen molar-refractivity contribution in [3.8, 4) is 12.1 Å². The molecule has 3 aromatic rings. The molecule has 0 radical (unpaired) electrons. The molecule has 2 aliphatic heterocycles. The SMILES string of the molecule is C=CC(=O)N1CCN(c2nc(OC[C@H]3CC[C@@H]3N(C)C)nc3c2CCN(c2cccc4cccc(C)c24)C3)C[C@@H]1CC#N. The minimum absolute atomic E-state index is 0.134. The van der Waals surface area contributed by atoms with Gasteiger partial charge in [-0.15, -0.1) is 0 Å². The lowest BCUT2D eigenvalue weighted by Crippen LogP contribution is -2.55. The van der Waals surface area contributed by atoms with Crippen LogP contribution in [0.3, 0.4) is 0 Å². The number of hydrogen-bond acceptors (Lipinski definition) is 8. The molecule has 0 N–H and O–H groups in total. The van der Waals surface area contributed by atoms with Crippen molar-refractivity contribution in [1.29, 1.82) is 5.26 Å². The molecule has 224 valence electrons. The predicted molar refractivity (Wildman–Crippen MR) is 169 cm³/mol. The number of ether oxygens (including phenoxy) is 1. The van der Waals surface area contributed by atoms with Crippen LogP contribution in [-0.2, 0) is 17.8 Å². The van der Waals surface area contributed by atoms with Crippen LogP contribution in [0.25, 0.3) is 10.8 Å². The van der Waals surface area contributed by atoms with E-state index in [1.807, 2.05) is 0 Å². The minimum Gasteiger partial charge on any atom is -0.463 e. The van der Waals surface area contributed by atoms with Crippen LogP contribution in [0, 0.1) is 24.2 Å². The molecule has 1 amide bonds. The largest absolute Gasteiger partial charge is 0.463 e. The number of benzene rings is 2. The Hall–Kier alpha value is -4.16. The van der Waals surface area contributed by atoms with Crippen molar-refractivity contribution in [3.05, 3.63) is 65.9 Å². The first-order chi connectivity index (χ1) is 20.9. The predicted octanol–water partition coefficient (Wildman–Crippen LogP) is 4.34. The lowest BCUT2D eigenvalue weighted by molar-refractivity contribution is -0.128. The summed E-state index contributed by atoms with van der Waals surface area (Å²) in [4.78, 5) is 31.3. The maximum absolute atomic E-state index is 12.6. The lowest BCUT2D eigenvalue weighted by Gasteiger charge is -2.42. The average Bonchev–Trinajstić information content (AvgIpc) is 2.99. The van der Waals surface area contributed by atoms with Crippen molar-refractivity contribution >= 4 is 28.2 Å². The highest BCUT2D eigenvalue weighted by molar-refractivity contribution is 5.97. The summed E-state index contributed by atoms with van der Waals surface area (Å²) < 4.78 is 6.35. The summed E-state index contributed by atoms with van der Waals surface area (Å²) in [5.74, 6) is 1.20. The van der Waals surface area contributed by atoms with Crippen LogP contribution in [0.15, 0.2) is 49.1 Å². The summed E-state index contributed by atoms with van der Waals surface area (Å²) in [6, 6.07) is 15.9. The maximum atomic E-state index is 12.6. The molecule has 9 nitrogen and oxygen atoms in total. The molecule has 1 aromatic heterocycles. The van der Waals surface area contributed by atoms with Gasteiger partial charge in [-0.05, 0) is 63.4 Å². The fourth-order valence-electron chi connectivity index (χ4n) is 7.03. The molecule has 0 bridgehead atoms. The first kappa shape index (κ1) is 28.9. The number of rotatable bonds is 8. The zero-order valence-electron chi connectivity index (χ0n) is 25.5. The second-order valence-electron chi connectivity index (χ2n) is 12.3. The Bertz CT molecular complexity index is 1560. The number of anilines is 2. The zero-order chi connectivity index (χ0) is 30.1. The first-order valence-electron chi connectivity index (χ1n) is 15.3. The van der Waals surface area contributed by atoms with Crippen molar-refractivity contribution in [1.82, 2.24) is 19.8 Å². The van der Waals surface area contributed by atoms with Gasteiger partial charge in [-0.2, -0.15) is 15.2 Å². The van der Waals surface area contributed by atoms with Gasteiger partial charge in [0.2, 0.25) is 5.91 Å². The molecule has 9 heteroatoms. The van der Waals surface area contributed by atoms with Crippen LogP contribution in [0.2, 0.25) is 0 Å². The maximum Gasteiger partial charge on any atom is 0.318 e. The van der Waals surface area contributed by atoms with E-state index in [9.17, 15) is 10.1 Å². The lowest BCUT2D eigenvalue weighted by atomic mass is 9.79. The van der Waals surface area contributed by atoms with Gasteiger partial charge in [-0.25, -0.2) is 0 Å². The van der Waals surface area contributed by atoms with Crippen LogP contribution >= 0.6 is 0 Å². The fraction of sp³-hybridized carbons (Fsp3) is 0.471. The van der Waals surface area contributed by atoms with Gasteiger partial charge in [-0.3, -0.25) is 4.79 Å². The molecule has 6 rings (SSSR count). The summed E-state index contributed by atoms with van der Waals surface area (Å²) in [7, 11) is 4.25. The number of aromatic nitrogens is 2. The number of piperazine rings is 1. The quantitative estimate of drug-likeness (QED) is 0.365. The first-order valence-corrected chi connectivity index (χ1v) is 15.3. The van der Waals surface area contributed by atoms with Gasteiger partial charge in [0.15, 0.2) is 0 Å². The number of aryl methyl sites for hydroxylation is 1. The molecule has 3 heterocycles. The van der Waals surface area contributed by atoms with E-state index in [1.165, 1.54) is 34.5 Å². The highest BCUT2D eigenvalue weighted by Crippen LogP contribution is 2.36. The average molecular weight is 580 g/mol. The molecule has 2 aromatic carbocycles. The summed E-state index contributed by atoms with van der Waals surface area (Å²) in [6.07, 6.45) is 4.72. The van der Waals surface area contributed by atoms with E-state index < -0.39 is 0 Å². The normalized spacial score (nSPS) is 21.7. The summed E-state index contributed by atoms with van der Waals surface area (Å²) >= 11 is 0. The molecule has 0 spiro atoms. The van der Waals surface area contributed by atoms with Crippen LogP contribution in [-0.4, -0.2) is 84.6 Å². The van der Waals surface area contributed by atoms with Crippen molar-refractivity contribution in [2.75, 3.05) is 56.7 Å². The van der Waals surface area contributed by atoms with E-state index in [1.54, 1.807) is 4.90 Å². The molecular formula is C34H41N7O2. The van der Waals surface area contributed by atoms with E-state index in [-0.39, 0.29) is 18.4 Å². The van der Waals surface area contributed by atoms with Crippen LogP contribution in [0.5, 0.6) is 6.01 Å². The number of amides is 1. The number of nitriles is 1. The summed E-state index contributed by atoms with van der Waals surface area (Å²) in [6.45, 7) is 9.61. The smallest absolute Gasteiger partial charge is 0.318 e. The number of nitrogens with zero attached hydrogens (tertiary/aromatic N) is 7. The Balaban J connectivity index is 1.33. The van der Waals surface area contributed by atoms with Crippen LogP contribution in [0.1, 0.15) is 36.1 Å². The van der Waals surface area contributed by atoms with E-state index in [4.69, 9.17) is 14.7 Å². The Morgan fingerprint density at radius 2 is 1.95 bits per heavy atom. The molecular weight excluding hydrogens is 538 g/mol. The van der Waals surface area contributed by atoms with Gasteiger partial charge in [0.1, 0.15) is 5.82 Å². The Morgan fingerprint density at radius 3 is 2.67 bits per heavy atom. The van der Waals surface area contributed by atoms with Crippen molar-refractivity contribution in [2.45, 2.75) is 51.2 Å². The van der Waals surface area contributed by atoms with Crippen LogP contribution < -0.4 is 14.5 Å². The number of fused-ring (bicyclic) bond motifs is 2. The van der Waals surface area contributed by atoms with E-state index >= 15 is 0 Å². The Kier molecular flexibility index (Phi) is 8.22. The zero-order valence-corrected chi connectivity index (χ0v) is 25.5. The molecule has 1 saturated carbocycles. The second kappa shape index (κ2) is 12.2. The standard InChI is InChI=1S/C34H41N7O2/c1-5-31(42)41-19-18-40(20-26(41)14-16-35)33-27-15-17-39(30-11-7-10-24-9-6-8-23(2)32(24)30)21-28(27)36-34(37-33)43-22-25-12-13-29(25)38(3)4/h5-11,25-26,29H,1,12-15,17-22H2,2-4H3/t25-,26+,29+/m1/s1. The van der Waals surface area contributed by atoms with E-state index in [0.717, 1.165) is 36.5 Å². The van der Waals surface area contributed by atoms with Gasteiger partial charge in [0.05, 0.1) is 37.4 Å². The van der Waals surface area contributed by atoms with Crippen molar-refractivity contribution < 1.29 is 9.53 Å². The third kappa shape index (κ3) is 5.64. The van der Waals surface area contributed by atoms with Crippen molar-refractivity contribution in [2.24, 2.45) is 5.92 Å². The van der Waals surface area contributed by atoms with Crippen LogP contribution in [0.4, 0.5) is 11.5 Å². The molecule has 1 aliphatic carbocycles. The topological polar surface area (TPSA) is 88.8 Å². The number of hydrogen-bond donors (Lipinski definition) is 0. The van der Waals surface area contributed by atoms with Gasteiger partial charge in [-0.1, -0.05) is 36.9 Å². The molecule has 0 unspecified atom stereocenters. The van der Waals surface area contributed by atoms with E-state index in [0.29, 0.717) is 50.8 Å². The third-order valence-electron chi connectivity index (χ3n) is 9.49. The molecule has 2 fully saturated rings. The summed E-state index contributed by atoms with van der Waals surface area (Å²) in [5, 5.41) is 12.1. The highest BCUT2D eigenvalue weighted by atomic mass is 16.5. The second-order valence-corrected chi connectivity index (χ2v) is 12.3. The van der Waals surface area contributed by atoms with Gasteiger partial charge in [0.25, 0.3) is 0 Å². The molecule has 3 aliphatic rings. The molecule has 43 heavy (non-hydrogen) atoms. The van der Waals surface area contributed by atoms with E-state index in [2.05, 4.69) is 84.8 Å². The highest BCUT2D eigenvalue weighted by Gasteiger charge is 2.35. The Morgan fingerprint density at radius 1 is 1.14 bits per heavy atom. The molecule has 3 atom stereocenters. The Labute approximate surface area is 254 Å². The van der Waals surface area contributed by atoms with Crippen molar-refractivity contribution in [3.63, 3.8) is 0 Å². The molecule has 1 saturated heterocycles. The van der Waals surface area contributed by atoms with Gasteiger partial charge in [0, 0.05) is 54.8 Å². The summed E-state index contributed by atoms with van der Waals surface area (Å²) in [5.41, 5.74) is 4.60. The monoisotopic (exact) mass is 579 g/mol.